The monoisotopic (exact) mass is 294 g/mol. The summed E-state index contributed by atoms with van der Waals surface area (Å²) in [7, 11) is 0. The van der Waals surface area contributed by atoms with Crippen molar-refractivity contribution in [1.82, 2.24) is 9.88 Å². The Morgan fingerprint density at radius 3 is 2.81 bits per heavy atom. The van der Waals surface area contributed by atoms with Crippen LogP contribution in [0.25, 0.3) is 0 Å². The number of rotatable bonds is 3. The molecule has 2 aliphatic heterocycles. The number of pyridine rings is 1. The lowest BCUT2D eigenvalue weighted by Gasteiger charge is -2.29. The third-order valence-corrected chi connectivity index (χ3v) is 5.09. The summed E-state index contributed by atoms with van der Waals surface area (Å²) in [5.74, 6) is -0.367. The number of aryl methyl sites for hydroxylation is 1. The van der Waals surface area contributed by atoms with Gasteiger partial charge in [-0.05, 0) is 43.7 Å². The van der Waals surface area contributed by atoms with Crippen molar-refractivity contribution in [2.24, 2.45) is 5.41 Å². The molecule has 2 aliphatic rings. The van der Waals surface area contributed by atoms with Gasteiger partial charge in [0, 0.05) is 18.4 Å². The van der Waals surface area contributed by atoms with Gasteiger partial charge in [-0.3, -0.25) is 9.78 Å². The summed E-state index contributed by atoms with van der Waals surface area (Å²) in [4.78, 5) is 18.6. The molecule has 0 aromatic carbocycles. The van der Waals surface area contributed by atoms with Gasteiger partial charge in [-0.1, -0.05) is 13.0 Å². The number of aromatic nitrogens is 1. The Balaban J connectivity index is 1.94. The molecule has 0 aliphatic carbocycles. The summed E-state index contributed by atoms with van der Waals surface area (Å²) in [5, 5.41) is 0. The van der Waals surface area contributed by atoms with Crippen LogP contribution < -0.4 is 0 Å². The van der Waals surface area contributed by atoms with Crippen LogP contribution >= 0.6 is 0 Å². The van der Waals surface area contributed by atoms with Crippen LogP contribution in [0.4, 0.5) is 8.78 Å². The Bertz CT molecular complexity index is 563. The van der Waals surface area contributed by atoms with Crippen molar-refractivity contribution in [3.8, 4) is 0 Å². The molecule has 0 N–H and O–H groups in total. The number of hydrogen-bond acceptors (Lipinski definition) is 2. The third-order valence-electron chi connectivity index (χ3n) is 5.09. The molecule has 3 nitrogen and oxygen atoms in total. The van der Waals surface area contributed by atoms with Crippen molar-refractivity contribution < 1.29 is 13.6 Å². The number of carbonyl (C=O) groups is 1. The summed E-state index contributed by atoms with van der Waals surface area (Å²) in [6.45, 7) is 3.64. The minimum Gasteiger partial charge on any atom is -0.332 e. The van der Waals surface area contributed by atoms with Gasteiger partial charge < -0.3 is 4.90 Å². The first-order chi connectivity index (χ1) is 9.99. The highest BCUT2D eigenvalue weighted by Gasteiger charge is 2.59. The molecule has 2 fully saturated rings. The van der Waals surface area contributed by atoms with E-state index in [-0.39, 0.29) is 30.8 Å². The Morgan fingerprint density at radius 2 is 2.19 bits per heavy atom. The van der Waals surface area contributed by atoms with Crippen LogP contribution in [-0.2, 0) is 4.79 Å². The van der Waals surface area contributed by atoms with E-state index in [0.29, 0.717) is 0 Å². The van der Waals surface area contributed by atoms with Crippen LogP contribution in [0.1, 0.15) is 49.8 Å². The van der Waals surface area contributed by atoms with Gasteiger partial charge in [0.15, 0.2) is 0 Å². The van der Waals surface area contributed by atoms with Crippen molar-refractivity contribution >= 4 is 5.91 Å². The molecule has 3 atom stereocenters. The lowest BCUT2D eigenvalue weighted by Crippen LogP contribution is -2.40. The second-order valence-corrected chi connectivity index (χ2v) is 6.27. The average Bonchev–Trinajstić information content (AvgIpc) is 2.98. The second-order valence-electron chi connectivity index (χ2n) is 6.27. The lowest BCUT2D eigenvalue weighted by molar-refractivity contribution is -0.146. The number of amides is 1. The van der Waals surface area contributed by atoms with Crippen LogP contribution in [0, 0.1) is 12.3 Å². The molecule has 0 bridgehead atoms. The number of halogens is 2. The van der Waals surface area contributed by atoms with Crippen LogP contribution in [0.3, 0.4) is 0 Å². The SMILES string of the molecule is CCC1(C(F)F)C[C@H]2CC[C@@H](c3cncc(C)c3)N2C1=O. The predicted octanol–water partition coefficient (Wildman–Crippen LogP) is 3.49. The summed E-state index contributed by atoms with van der Waals surface area (Å²) in [5.41, 5.74) is 0.519. The second kappa shape index (κ2) is 5.04. The van der Waals surface area contributed by atoms with Crippen molar-refractivity contribution in [2.45, 2.75) is 58.0 Å². The molecule has 114 valence electrons. The van der Waals surface area contributed by atoms with Gasteiger partial charge in [0.05, 0.1) is 6.04 Å². The van der Waals surface area contributed by atoms with Crippen LogP contribution in [-0.4, -0.2) is 28.3 Å². The summed E-state index contributed by atoms with van der Waals surface area (Å²) >= 11 is 0. The Hall–Kier alpha value is -1.52. The average molecular weight is 294 g/mol. The van der Waals surface area contributed by atoms with E-state index in [9.17, 15) is 13.6 Å². The minimum atomic E-state index is -2.59. The van der Waals surface area contributed by atoms with E-state index >= 15 is 0 Å². The van der Waals surface area contributed by atoms with Crippen LogP contribution in [0.2, 0.25) is 0 Å². The first kappa shape index (κ1) is 14.4. The number of carbonyl (C=O) groups excluding carboxylic acids is 1. The van der Waals surface area contributed by atoms with E-state index in [1.54, 1.807) is 24.2 Å². The van der Waals surface area contributed by atoms with Crippen molar-refractivity contribution in [3.05, 3.63) is 29.6 Å². The number of fused-ring (bicyclic) bond motifs is 1. The molecule has 5 heteroatoms. The molecule has 2 saturated heterocycles. The maximum Gasteiger partial charge on any atom is 0.252 e. The van der Waals surface area contributed by atoms with Crippen molar-refractivity contribution in [3.63, 3.8) is 0 Å². The zero-order valence-corrected chi connectivity index (χ0v) is 12.4. The molecule has 21 heavy (non-hydrogen) atoms. The zero-order chi connectivity index (χ0) is 15.2. The number of nitrogens with zero attached hydrogens (tertiary/aromatic N) is 2. The highest BCUT2D eigenvalue weighted by atomic mass is 19.3. The fourth-order valence-corrected chi connectivity index (χ4v) is 3.88. The normalized spacial score (nSPS) is 32.0. The Morgan fingerprint density at radius 1 is 1.43 bits per heavy atom. The van der Waals surface area contributed by atoms with E-state index in [1.807, 2.05) is 13.0 Å². The lowest BCUT2D eigenvalue weighted by atomic mass is 9.81. The topological polar surface area (TPSA) is 33.2 Å². The summed E-state index contributed by atoms with van der Waals surface area (Å²) < 4.78 is 27.0. The highest BCUT2D eigenvalue weighted by molar-refractivity contribution is 5.86. The smallest absolute Gasteiger partial charge is 0.252 e. The maximum absolute atomic E-state index is 13.5. The first-order valence-electron chi connectivity index (χ1n) is 7.52. The molecule has 1 unspecified atom stereocenters. The molecule has 0 radical (unpaired) electrons. The van der Waals surface area contributed by atoms with Gasteiger partial charge in [0.2, 0.25) is 5.91 Å². The quantitative estimate of drug-likeness (QED) is 0.855. The van der Waals surface area contributed by atoms with E-state index in [0.717, 1.165) is 24.0 Å². The largest absolute Gasteiger partial charge is 0.332 e. The van der Waals surface area contributed by atoms with E-state index in [2.05, 4.69) is 4.98 Å². The van der Waals surface area contributed by atoms with E-state index in [1.165, 1.54) is 0 Å². The van der Waals surface area contributed by atoms with Gasteiger partial charge in [-0.25, -0.2) is 8.78 Å². The molecule has 3 heterocycles. The zero-order valence-electron chi connectivity index (χ0n) is 12.4. The number of alkyl halides is 2. The van der Waals surface area contributed by atoms with Crippen molar-refractivity contribution in [1.29, 1.82) is 0 Å². The Labute approximate surface area is 123 Å². The minimum absolute atomic E-state index is 0.0445. The van der Waals surface area contributed by atoms with Gasteiger partial charge in [-0.2, -0.15) is 0 Å². The predicted molar refractivity (Wildman–Crippen MR) is 74.9 cm³/mol. The van der Waals surface area contributed by atoms with Crippen LogP contribution in [0.5, 0.6) is 0 Å². The molecular weight excluding hydrogens is 274 g/mol. The summed E-state index contributed by atoms with van der Waals surface area (Å²) in [6.07, 6.45) is 3.06. The molecule has 0 saturated carbocycles. The molecule has 3 rings (SSSR count). The summed E-state index contributed by atoms with van der Waals surface area (Å²) in [6, 6.07) is 1.86. The van der Waals surface area contributed by atoms with E-state index < -0.39 is 11.8 Å². The van der Waals surface area contributed by atoms with Gasteiger partial charge in [0.1, 0.15) is 5.41 Å². The van der Waals surface area contributed by atoms with Gasteiger partial charge in [-0.15, -0.1) is 0 Å². The Kier molecular flexibility index (Phi) is 3.46. The molecule has 1 aromatic rings. The van der Waals surface area contributed by atoms with Crippen molar-refractivity contribution in [2.75, 3.05) is 0 Å². The standard InChI is InChI=1S/C16H20F2N2O/c1-3-16(14(17)18)7-12-4-5-13(20(12)15(16)21)11-6-10(2)8-19-9-11/h6,8-9,12-14H,3-5,7H2,1-2H3/t12-,13+,16?/m1/s1. The molecule has 1 aromatic heterocycles. The number of hydrogen-bond donors (Lipinski definition) is 0. The maximum atomic E-state index is 13.5. The fraction of sp³-hybridized carbons (Fsp3) is 0.625. The van der Waals surface area contributed by atoms with E-state index in [4.69, 9.17) is 0 Å². The van der Waals surface area contributed by atoms with Crippen LogP contribution in [0.15, 0.2) is 18.5 Å². The first-order valence-corrected chi connectivity index (χ1v) is 7.52. The highest BCUT2D eigenvalue weighted by Crippen LogP contribution is 2.52. The molecular formula is C16H20F2N2O. The third kappa shape index (κ3) is 2.05. The molecule has 1 amide bonds. The fourth-order valence-electron chi connectivity index (χ4n) is 3.88. The molecule has 0 spiro atoms. The van der Waals surface area contributed by atoms with Gasteiger partial charge >= 0.3 is 0 Å². The van der Waals surface area contributed by atoms with Gasteiger partial charge in [0.25, 0.3) is 6.43 Å².